The van der Waals surface area contributed by atoms with E-state index in [1.54, 1.807) is 0 Å². The van der Waals surface area contributed by atoms with Crippen molar-refractivity contribution in [1.82, 2.24) is 0 Å². The van der Waals surface area contributed by atoms with Gasteiger partial charge in [-0.15, -0.1) is 0 Å². The Morgan fingerprint density at radius 1 is 1.22 bits per heavy atom. The molecular formula is C7H8FP. The molecule has 0 radical (unpaired) electrons. The zero-order valence-electron chi connectivity index (χ0n) is 5.19. The van der Waals surface area contributed by atoms with E-state index in [-0.39, 0.29) is 0 Å². The van der Waals surface area contributed by atoms with Gasteiger partial charge in [-0.2, -0.15) is 0 Å². The summed E-state index contributed by atoms with van der Waals surface area (Å²) in [4.78, 5) is 0. The number of rotatable bonds is 1. The van der Waals surface area contributed by atoms with Crippen LogP contribution in [0.4, 0.5) is 4.20 Å². The van der Waals surface area contributed by atoms with E-state index in [4.69, 9.17) is 0 Å². The molecule has 0 aliphatic rings. The first kappa shape index (κ1) is 6.70. The lowest BCUT2D eigenvalue weighted by Crippen LogP contribution is -1.88. The molecule has 0 amide bonds. The third kappa shape index (κ3) is 1.76. The summed E-state index contributed by atoms with van der Waals surface area (Å²) in [6.07, 6.45) is 0. The van der Waals surface area contributed by atoms with Gasteiger partial charge in [0.2, 0.25) is 0 Å². The highest BCUT2D eigenvalue weighted by Crippen LogP contribution is 2.09. The predicted molar refractivity (Wildman–Crippen MR) is 40.2 cm³/mol. The topological polar surface area (TPSA) is 0 Å². The van der Waals surface area contributed by atoms with E-state index in [0.29, 0.717) is 0 Å². The summed E-state index contributed by atoms with van der Waals surface area (Å²) in [5, 5.41) is 0.778. The molecule has 48 valence electrons. The normalized spacial score (nSPS) is 10.9. The van der Waals surface area contributed by atoms with Crippen molar-refractivity contribution in [2.75, 3.05) is 0 Å². The van der Waals surface area contributed by atoms with E-state index in [2.05, 4.69) is 0 Å². The first-order valence-electron chi connectivity index (χ1n) is 2.76. The Morgan fingerprint density at radius 3 is 2.22 bits per heavy atom. The maximum Gasteiger partial charge on any atom is 0.0984 e. The average molecular weight is 142 g/mol. The molecule has 1 unspecified atom stereocenters. The van der Waals surface area contributed by atoms with Gasteiger partial charge in [0.25, 0.3) is 0 Å². The molecule has 1 rings (SSSR count). The minimum Gasteiger partial charge on any atom is -0.225 e. The minimum atomic E-state index is -0.574. The largest absolute Gasteiger partial charge is 0.225 e. The van der Waals surface area contributed by atoms with Crippen LogP contribution < -0.4 is 5.30 Å². The SMILES string of the molecule is Cc1ccc(PF)cc1. The second-order valence-electron chi connectivity index (χ2n) is 1.96. The molecule has 1 aromatic rings. The van der Waals surface area contributed by atoms with Crippen LogP contribution in [-0.4, -0.2) is 0 Å². The van der Waals surface area contributed by atoms with Gasteiger partial charge in [0.1, 0.15) is 0 Å². The molecule has 0 spiro atoms. The Hall–Kier alpha value is -0.420. The van der Waals surface area contributed by atoms with Crippen LogP contribution in [-0.2, 0) is 0 Å². The van der Waals surface area contributed by atoms with Crippen LogP contribution in [0, 0.1) is 6.92 Å². The van der Waals surface area contributed by atoms with Crippen LogP contribution in [0.3, 0.4) is 0 Å². The Morgan fingerprint density at radius 2 is 1.78 bits per heavy atom. The van der Waals surface area contributed by atoms with Crippen molar-refractivity contribution in [2.45, 2.75) is 6.92 Å². The van der Waals surface area contributed by atoms with Gasteiger partial charge in [0.05, 0.1) is 8.89 Å². The van der Waals surface area contributed by atoms with Crippen LogP contribution >= 0.6 is 8.89 Å². The number of benzene rings is 1. The van der Waals surface area contributed by atoms with Gasteiger partial charge < -0.3 is 0 Å². The Bertz CT molecular complexity index is 181. The molecule has 0 bridgehead atoms. The zero-order valence-corrected chi connectivity index (χ0v) is 6.19. The summed E-state index contributed by atoms with van der Waals surface area (Å²) < 4.78 is 11.9. The summed E-state index contributed by atoms with van der Waals surface area (Å²) in [6.45, 7) is 1.99. The molecular weight excluding hydrogens is 134 g/mol. The van der Waals surface area contributed by atoms with Gasteiger partial charge in [-0.25, -0.2) is 4.20 Å². The number of halogens is 1. The van der Waals surface area contributed by atoms with Crippen molar-refractivity contribution in [3.8, 4) is 0 Å². The Labute approximate surface area is 56.0 Å². The summed E-state index contributed by atoms with van der Waals surface area (Å²) in [7, 11) is -0.574. The predicted octanol–water partition coefficient (Wildman–Crippen LogP) is 2.18. The zero-order chi connectivity index (χ0) is 6.69. The van der Waals surface area contributed by atoms with E-state index in [1.807, 2.05) is 31.2 Å². The van der Waals surface area contributed by atoms with Gasteiger partial charge in [-0.05, 0) is 6.92 Å². The van der Waals surface area contributed by atoms with E-state index >= 15 is 0 Å². The van der Waals surface area contributed by atoms with Crippen molar-refractivity contribution in [1.29, 1.82) is 0 Å². The minimum absolute atomic E-state index is 0.574. The number of hydrogen-bond donors (Lipinski definition) is 0. The van der Waals surface area contributed by atoms with E-state index in [0.717, 1.165) is 5.30 Å². The molecule has 1 aromatic carbocycles. The second-order valence-corrected chi connectivity index (χ2v) is 2.73. The van der Waals surface area contributed by atoms with E-state index < -0.39 is 8.89 Å². The maximum atomic E-state index is 11.9. The van der Waals surface area contributed by atoms with E-state index in [1.165, 1.54) is 5.56 Å². The molecule has 0 fully saturated rings. The standard InChI is InChI=1S/C7H8FP/c1-6-2-4-7(9-8)5-3-6/h2-5,9H,1H3. The fourth-order valence-corrected chi connectivity index (χ4v) is 0.909. The molecule has 0 saturated heterocycles. The van der Waals surface area contributed by atoms with Gasteiger partial charge in [-0.3, -0.25) is 0 Å². The summed E-state index contributed by atoms with van der Waals surface area (Å²) in [6, 6.07) is 7.46. The van der Waals surface area contributed by atoms with Gasteiger partial charge in [0.15, 0.2) is 0 Å². The fraction of sp³-hybridized carbons (Fsp3) is 0.143. The van der Waals surface area contributed by atoms with Crippen LogP contribution in [0.1, 0.15) is 5.56 Å². The third-order valence-electron chi connectivity index (χ3n) is 1.16. The highest BCUT2D eigenvalue weighted by molar-refractivity contribution is 7.41. The average Bonchev–Trinajstić information content (AvgIpc) is 1.90. The van der Waals surface area contributed by atoms with Gasteiger partial charge in [-0.1, -0.05) is 29.8 Å². The van der Waals surface area contributed by atoms with E-state index in [9.17, 15) is 4.20 Å². The van der Waals surface area contributed by atoms with Crippen LogP contribution in [0.5, 0.6) is 0 Å². The van der Waals surface area contributed by atoms with Crippen LogP contribution in [0.25, 0.3) is 0 Å². The highest BCUT2D eigenvalue weighted by Gasteiger charge is 1.87. The van der Waals surface area contributed by atoms with Crippen LogP contribution in [0.2, 0.25) is 0 Å². The smallest absolute Gasteiger partial charge is 0.0984 e. The van der Waals surface area contributed by atoms with Crippen LogP contribution in [0.15, 0.2) is 24.3 Å². The molecule has 1 atom stereocenters. The lowest BCUT2D eigenvalue weighted by Gasteiger charge is -1.92. The Balaban J connectivity index is 2.88. The molecule has 0 aliphatic heterocycles. The monoisotopic (exact) mass is 142 g/mol. The van der Waals surface area contributed by atoms with Crippen molar-refractivity contribution in [2.24, 2.45) is 0 Å². The number of aryl methyl sites for hydroxylation is 1. The summed E-state index contributed by atoms with van der Waals surface area (Å²) in [5.74, 6) is 0. The summed E-state index contributed by atoms with van der Waals surface area (Å²) >= 11 is 0. The third-order valence-corrected chi connectivity index (χ3v) is 1.71. The molecule has 0 heterocycles. The Kier molecular flexibility index (Phi) is 2.18. The molecule has 0 aromatic heterocycles. The molecule has 0 saturated carbocycles. The molecule has 0 nitrogen and oxygen atoms in total. The molecule has 0 aliphatic carbocycles. The first-order valence-corrected chi connectivity index (χ1v) is 3.64. The van der Waals surface area contributed by atoms with Crippen molar-refractivity contribution < 1.29 is 4.20 Å². The maximum absolute atomic E-state index is 11.9. The quantitative estimate of drug-likeness (QED) is 0.527. The number of hydrogen-bond acceptors (Lipinski definition) is 0. The van der Waals surface area contributed by atoms with Crippen molar-refractivity contribution in [3.63, 3.8) is 0 Å². The molecule has 0 N–H and O–H groups in total. The lowest BCUT2D eigenvalue weighted by molar-refractivity contribution is 0.929. The van der Waals surface area contributed by atoms with Crippen molar-refractivity contribution >= 4 is 14.2 Å². The second kappa shape index (κ2) is 2.93. The molecule has 9 heavy (non-hydrogen) atoms. The van der Waals surface area contributed by atoms with Gasteiger partial charge in [0, 0.05) is 5.30 Å². The highest BCUT2D eigenvalue weighted by atomic mass is 31.1. The first-order chi connectivity index (χ1) is 4.33. The van der Waals surface area contributed by atoms with Gasteiger partial charge >= 0.3 is 0 Å². The fourth-order valence-electron chi connectivity index (χ4n) is 0.617. The molecule has 2 heteroatoms. The van der Waals surface area contributed by atoms with Crippen molar-refractivity contribution in [3.05, 3.63) is 29.8 Å². The summed E-state index contributed by atoms with van der Waals surface area (Å²) in [5.41, 5.74) is 1.18. The lowest BCUT2D eigenvalue weighted by atomic mass is 10.2.